The zero-order valence-corrected chi connectivity index (χ0v) is 33.4. The topological polar surface area (TPSA) is 36.9 Å². The third kappa shape index (κ3) is 7.10. The Hall–Kier alpha value is -3.90. The molecular formula is C41H37BiO4S2. The van der Waals surface area contributed by atoms with Gasteiger partial charge >= 0.3 is 309 Å². The van der Waals surface area contributed by atoms with Crippen LogP contribution in [0.3, 0.4) is 0 Å². The Kier molecular flexibility index (Phi) is 11.3. The number of ether oxygens (including phenoxy) is 4. The van der Waals surface area contributed by atoms with Crippen LogP contribution in [0.4, 0.5) is 0 Å². The van der Waals surface area contributed by atoms with Gasteiger partial charge in [-0.1, -0.05) is 0 Å². The van der Waals surface area contributed by atoms with Gasteiger partial charge in [-0.2, -0.15) is 0 Å². The second kappa shape index (κ2) is 16.0. The molecule has 0 atom stereocenters. The summed E-state index contributed by atoms with van der Waals surface area (Å²) in [6, 6.07) is 46.0. The number of benzene rings is 6. The first-order valence-corrected chi connectivity index (χ1v) is 19.8. The van der Waals surface area contributed by atoms with Gasteiger partial charge in [0, 0.05) is 0 Å². The van der Waals surface area contributed by atoms with E-state index in [2.05, 4.69) is 84.9 Å². The fourth-order valence-electron chi connectivity index (χ4n) is 5.90. The number of methoxy groups -OCH3 is 4. The van der Waals surface area contributed by atoms with Crippen molar-refractivity contribution in [1.29, 1.82) is 0 Å². The second-order valence-electron chi connectivity index (χ2n) is 10.8. The SMILES string of the molecule is COc1ccccc1-c1cccc(-c2ccccc2OC)c1S[CH]([BiH2])Sc1c(-c2ccccc2OC)cccc1-c1ccccc1OC. The Morgan fingerprint density at radius 3 is 0.833 bits per heavy atom. The van der Waals surface area contributed by atoms with E-state index >= 15 is 0 Å². The molecule has 0 aliphatic rings. The molecule has 6 aromatic rings. The van der Waals surface area contributed by atoms with Crippen LogP contribution in [-0.2, 0) is 0 Å². The van der Waals surface area contributed by atoms with Crippen molar-refractivity contribution >= 4 is 48.2 Å². The third-order valence-electron chi connectivity index (χ3n) is 8.09. The fraction of sp³-hybridized carbons (Fsp3) is 0.122. The van der Waals surface area contributed by atoms with Crippen molar-refractivity contribution in [2.45, 2.75) is 12.1 Å². The number of thioether (sulfide) groups is 2. The van der Waals surface area contributed by atoms with E-state index in [0.717, 1.165) is 67.5 Å². The quantitative estimate of drug-likeness (QED) is 0.0693. The minimum atomic E-state index is 0.249. The summed E-state index contributed by atoms with van der Waals surface area (Å²) in [5.74, 6) is 3.38. The monoisotopic (exact) mass is 866 g/mol. The van der Waals surface area contributed by atoms with Crippen LogP contribution in [0.15, 0.2) is 143 Å². The number of rotatable bonds is 12. The number of hydrogen-bond donors (Lipinski definition) is 0. The molecule has 0 radical (unpaired) electrons. The summed E-state index contributed by atoms with van der Waals surface area (Å²) in [7, 11) is 6.93. The van der Waals surface area contributed by atoms with Gasteiger partial charge in [-0.25, -0.2) is 0 Å². The Morgan fingerprint density at radius 2 is 0.583 bits per heavy atom. The van der Waals surface area contributed by atoms with Crippen molar-refractivity contribution in [3.63, 3.8) is 0 Å². The van der Waals surface area contributed by atoms with Gasteiger partial charge < -0.3 is 0 Å². The normalized spacial score (nSPS) is 11.0. The standard InChI is InChI=1S/C41H35O4S2.Bi.2H/c1-42-36-23-9-5-15-28(36)32-19-13-20-33(29-16-6-10-24-37(29)43-2)40(32)46-27-47-41-34(30-17-7-11-25-38(30)44-3)21-14-22-35(41)31-18-8-12-26-39(31)45-4;;;/h5-27H,1-4H3;;;. The van der Waals surface area contributed by atoms with Crippen molar-refractivity contribution in [3.8, 4) is 67.5 Å². The van der Waals surface area contributed by atoms with Gasteiger partial charge in [0.05, 0.1) is 0 Å². The molecule has 0 saturated heterocycles. The van der Waals surface area contributed by atoms with Crippen molar-refractivity contribution in [1.82, 2.24) is 0 Å². The molecule has 6 aromatic carbocycles. The van der Waals surface area contributed by atoms with E-state index in [0.29, 0.717) is 24.7 Å². The molecule has 0 aliphatic heterocycles. The number of hydrogen-bond acceptors (Lipinski definition) is 6. The van der Waals surface area contributed by atoms with Gasteiger partial charge in [-0.05, 0) is 0 Å². The van der Waals surface area contributed by atoms with Gasteiger partial charge in [0.1, 0.15) is 0 Å². The van der Waals surface area contributed by atoms with E-state index in [4.69, 9.17) is 18.9 Å². The molecule has 0 aliphatic carbocycles. The van der Waals surface area contributed by atoms with Crippen LogP contribution in [-0.4, -0.2) is 55.4 Å². The second-order valence-corrected chi connectivity index (χ2v) is 19.7. The summed E-state index contributed by atoms with van der Waals surface area (Å²) in [5, 5.41) is 0. The van der Waals surface area contributed by atoms with Gasteiger partial charge in [0.15, 0.2) is 0 Å². The molecule has 0 fully saturated rings. The molecule has 0 amide bonds. The summed E-state index contributed by atoms with van der Waals surface area (Å²) in [4.78, 5) is 2.39. The molecule has 0 unspecified atom stereocenters. The maximum absolute atomic E-state index is 5.87. The predicted molar refractivity (Wildman–Crippen MR) is 205 cm³/mol. The van der Waals surface area contributed by atoms with Crippen LogP contribution in [0.25, 0.3) is 44.5 Å². The molecule has 48 heavy (non-hydrogen) atoms. The summed E-state index contributed by atoms with van der Waals surface area (Å²) in [6.07, 6.45) is 0. The molecule has 242 valence electrons. The summed E-state index contributed by atoms with van der Waals surface area (Å²) in [5.41, 5.74) is 8.78. The predicted octanol–water partition coefficient (Wildman–Crippen LogP) is 10.2. The Bertz CT molecular complexity index is 1750. The van der Waals surface area contributed by atoms with Crippen LogP contribution < -0.4 is 18.9 Å². The maximum atomic E-state index is 5.87. The molecule has 0 saturated carbocycles. The number of para-hydroxylation sites is 4. The van der Waals surface area contributed by atoms with E-state index in [1.54, 1.807) is 28.4 Å². The molecule has 0 N–H and O–H groups in total. The molecule has 7 heteroatoms. The fourth-order valence-corrected chi connectivity index (χ4v) is 11.5. The zero-order valence-electron chi connectivity index (χ0n) is 27.3. The van der Waals surface area contributed by atoms with E-state index in [1.807, 2.05) is 72.1 Å². The van der Waals surface area contributed by atoms with E-state index in [1.165, 1.54) is 9.79 Å². The van der Waals surface area contributed by atoms with Crippen LogP contribution >= 0.6 is 23.5 Å². The van der Waals surface area contributed by atoms with Crippen LogP contribution in [0.1, 0.15) is 0 Å². The third-order valence-corrected chi connectivity index (χ3v) is 13.7. The van der Waals surface area contributed by atoms with E-state index in [-0.39, 0.29) is 2.29 Å². The first-order valence-electron chi connectivity index (χ1n) is 15.5. The van der Waals surface area contributed by atoms with E-state index < -0.39 is 0 Å². The van der Waals surface area contributed by atoms with E-state index in [9.17, 15) is 0 Å². The average molecular weight is 867 g/mol. The van der Waals surface area contributed by atoms with Crippen molar-refractivity contribution in [2.75, 3.05) is 28.4 Å². The Balaban J connectivity index is 1.52. The molecule has 6 rings (SSSR count). The average Bonchev–Trinajstić information content (AvgIpc) is 3.15. The van der Waals surface area contributed by atoms with Crippen molar-refractivity contribution in [3.05, 3.63) is 133 Å². The summed E-state index contributed by atoms with van der Waals surface area (Å²) < 4.78 is 23.7. The Morgan fingerprint density at radius 1 is 0.354 bits per heavy atom. The summed E-state index contributed by atoms with van der Waals surface area (Å²) >= 11 is 4.44. The molecule has 4 nitrogen and oxygen atoms in total. The van der Waals surface area contributed by atoms with Crippen LogP contribution in [0.2, 0.25) is 0 Å². The van der Waals surface area contributed by atoms with Gasteiger partial charge in [-0.3, -0.25) is 0 Å². The molecule has 0 aromatic heterocycles. The first-order chi connectivity index (χ1) is 23.6. The molecule has 0 spiro atoms. The van der Waals surface area contributed by atoms with Gasteiger partial charge in [-0.15, -0.1) is 0 Å². The first kappa shape index (κ1) is 34.0. The Labute approximate surface area is 306 Å². The molecule has 0 heterocycles. The zero-order chi connectivity index (χ0) is 33.5. The van der Waals surface area contributed by atoms with Crippen molar-refractivity contribution in [2.24, 2.45) is 0 Å². The molecule has 0 bridgehead atoms. The minimum absolute atomic E-state index is 0.249. The molecular weight excluding hydrogens is 830 g/mol. The van der Waals surface area contributed by atoms with Gasteiger partial charge in [0.25, 0.3) is 0 Å². The van der Waals surface area contributed by atoms with Crippen molar-refractivity contribution < 1.29 is 18.9 Å². The van der Waals surface area contributed by atoms with Crippen LogP contribution in [0.5, 0.6) is 23.0 Å². The van der Waals surface area contributed by atoms with Crippen LogP contribution in [0, 0.1) is 0 Å². The van der Waals surface area contributed by atoms with Gasteiger partial charge in [0.2, 0.25) is 0 Å². The summed E-state index contributed by atoms with van der Waals surface area (Å²) in [6.45, 7) is 0.